The molecule has 0 saturated carbocycles. The third-order valence-electron chi connectivity index (χ3n) is 1.13. The third-order valence-corrected chi connectivity index (χ3v) is 1.35. The molecule has 0 aliphatic rings. The molecule has 0 fully saturated rings. The van der Waals surface area contributed by atoms with Crippen molar-refractivity contribution in [2.45, 2.75) is 20.3 Å². The van der Waals surface area contributed by atoms with E-state index in [1.807, 2.05) is 12.1 Å². The Kier molecular flexibility index (Phi) is 10.9. The molecule has 5 heteroatoms. The Balaban J connectivity index is 0. The Morgan fingerprint density at radius 3 is 1.93 bits per heavy atom. The van der Waals surface area contributed by atoms with E-state index in [4.69, 9.17) is 11.6 Å². The maximum atomic E-state index is 10.0. The Morgan fingerprint density at radius 2 is 1.80 bits per heavy atom. The molecule has 0 aromatic carbocycles. The molecule has 1 heterocycles. The summed E-state index contributed by atoms with van der Waals surface area (Å²) in [6.45, 7) is 2.81. The summed E-state index contributed by atoms with van der Waals surface area (Å²) < 4.78 is 0. The van der Waals surface area contributed by atoms with Gasteiger partial charge < -0.3 is 0 Å². The molecular weight excluding hydrogens is 261 g/mol. The van der Waals surface area contributed by atoms with Crippen molar-refractivity contribution in [2.24, 2.45) is 0 Å². The topological polar surface area (TPSA) is 47.0 Å². The van der Waals surface area contributed by atoms with E-state index in [1.54, 1.807) is 12.3 Å². The van der Waals surface area contributed by atoms with Crippen LogP contribution in [-0.4, -0.2) is 16.6 Å². The molecule has 0 aliphatic heterocycles. The standard InChI is InChI=1S/C5H4ClN.C5H8O2.Co/c6-5-3-1-2-4-7-5;1-4(6)3-5(2)7;/h1-4H;3H2,1-2H3;. The smallest absolute Gasteiger partial charge is 0.137 e. The van der Waals surface area contributed by atoms with E-state index in [2.05, 4.69) is 4.98 Å². The molecule has 0 bridgehead atoms. The summed E-state index contributed by atoms with van der Waals surface area (Å²) in [5.41, 5.74) is 0. The SMILES string of the molecule is CC(=O)CC(C)=O.Clc1ccccn1.[Co]. The first-order chi connectivity index (χ1) is 6.52. The summed E-state index contributed by atoms with van der Waals surface area (Å²) in [5, 5.41) is 0.544. The van der Waals surface area contributed by atoms with Crippen LogP contribution in [0.4, 0.5) is 0 Å². The van der Waals surface area contributed by atoms with E-state index in [-0.39, 0.29) is 34.8 Å². The summed E-state index contributed by atoms with van der Waals surface area (Å²) >= 11 is 5.43. The number of halogens is 1. The largest absolute Gasteiger partial charge is 0.300 e. The van der Waals surface area contributed by atoms with Gasteiger partial charge in [-0.25, -0.2) is 4.98 Å². The van der Waals surface area contributed by atoms with Crippen molar-refractivity contribution in [1.82, 2.24) is 4.98 Å². The van der Waals surface area contributed by atoms with Gasteiger partial charge in [0.05, 0.1) is 6.42 Å². The molecular formula is C10H12ClCoNO2. The Hall–Kier alpha value is -0.714. The maximum absolute atomic E-state index is 10.0. The van der Waals surface area contributed by atoms with Crippen molar-refractivity contribution >= 4 is 23.2 Å². The zero-order valence-electron chi connectivity index (χ0n) is 8.49. The molecule has 0 N–H and O–H groups in total. The van der Waals surface area contributed by atoms with E-state index in [0.717, 1.165) is 0 Å². The number of ketones is 2. The van der Waals surface area contributed by atoms with Crippen molar-refractivity contribution < 1.29 is 26.4 Å². The average molecular weight is 273 g/mol. The van der Waals surface area contributed by atoms with Gasteiger partial charge in [0, 0.05) is 23.0 Å². The fraction of sp³-hybridized carbons (Fsp3) is 0.300. The van der Waals surface area contributed by atoms with Crippen molar-refractivity contribution in [3.63, 3.8) is 0 Å². The molecule has 0 spiro atoms. The predicted molar refractivity (Wildman–Crippen MR) is 55.2 cm³/mol. The second-order valence-electron chi connectivity index (χ2n) is 2.73. The first kappa shape index (κ1) is 16.7. The molecule has 1 rings (SSSR count). The van der Waals surface area contributed by atoms with Crippen LogP contribution in [0.1, 0.15) is 20.3 Å². The molecule has 1 aromatic heterocycles. The van der Waals surface area contributed by atoms with Gasteiger partial charge in [-0.05, 0) is 26.0 Å². The van der Waals surface area contributed by atoms with Gasteiger partial charge in [-0.1, -0.05) is 17.7 Å². The summed E-state index contributed by atoms with van der Waals surface area (Å²) in [6.07, 6.45) is 1.74. The molecule has 15 heavy (non-hydrogen) atoms. The molecule has 0 amide bonds. The van der Waals surface area contributed by atoms with Crippen LogP contribution in [-0.2, 0) is 26.4 Å². The molecule has 0 saturated heterocycles. The van der Waals surface area contributed by atoms with Gasteiger partial charge >= 0.3 is 0 Å². The van der Waals surface area contributed by atoms with E-state index >= 15 is 0 Å². The van der Waals surface area contributed by atoms with Crippen molar-refractivity contribution in [3.8, 4) is 0 Å². The van der Waals surface area contributed by atoms with Gasteiger partial charge in [0.25, 0.3) is 0 Å². The predicted octanol–water partition coefficient (Wildman–Crippen LogP) is 2.29. The third kappa shape index (κ3) is 13.3. The first-order valence-corrected chi connectivity index (χ1v) is 4.45. The number of carbonyl (C=O) groups is 2. The average Bonchev–Trinajstić information content (AvgIpc) is 2.03. The maximum Gasteiger partial charge on any atom is 0.137 e. The summed E-state index contributed by atoms with van der Waals surface area (Å²) in [5.74, 6) is -0.125. The number of pyridine rings is 1. The number of aromatic nitrogens is 1. The molecule has 0 aliphatic carbocycles. The minimum atomic E-state index is -0.0625. The zero-order valence-corrected chi connectivity index (χ0v) is 10.3. The van der Waals surface area contributed by atoms with Gasteiger partial charge in [-0.2, -0.15) is 0 Å². The fourth-order valence-electron chi connectivity index (χ4n) is 0.692. The second kappa shape index (κ2) is 9.83. The number of rotatable bonds is 2. The minimum Gasteiger partial charge on any atom is -0.300 e. The van der Waals surface area contributed by atoms with Crippen molar-refractivity contribution in [3.05, 3.63) is 29.5 Å². The van der Waals surface area contributed by atoms with Gasteiger partial charge in [0.15, 0.2) is 0 Å². The molecule has 3 nitrogen and oxygen atoms in total. The Bertz CT molecular complexity index is 292. The molecule has 1 radical (unpaired) electrons. The van der Waals surface area contributed by atoms with Crippen LogP contribution in [0.5, 0.6) is 0 Å². The van der Waals surface area contributed by atoms with Crippen LogP contribution in [0.15, 0.2) is 24.4 Å². The van der Waals surface area contributed by atoms with Crippen molar-refractivity contribution in [1.29, 1.82) is 0 Å². The van der Waals surface area contributed by atoms with Crippen LogP contribution >= 0.6 is 11.6 Å². The van der Waals surface area contributed by atoms with Crippen molar-refractivity contribution in [2.75, 3.05) is 0 Å². The zero-order chi connectivity index (χ0) is 11.0. The fourth-order valence-corrected chi connectivity index (χ4v) is 0.822. The number of carbonyl (C=O) groups excluding carboxylic acids is 2. The summed E-state index contributed by atoms with van der Waals surface area (Å²) in [4.78, 5) is 23.8. The Morgan fingerprint density at radius 1 is 1.27 bits per heavy atom. The summed E-state index contributed by atoms with van der Waals surface area (Å²) in [7, 11) is 0. The van der Waals surface area contributed by atoms with Gasteiger partial charge in [0.2, 0.25) is 0 Å². The molecule has 0 atom stereocenters. The monoisotopic (exact) mass is 272 g/mol. The van der Waals surface area contributed by atoms with E-state index < -0.39 is 0 Å². The first-order valence-electron chi connectivity index (χ1n) is 4.07. The normalized spacial score (nSPS) is 7.93. The Labute approximate surface area is 104 Å². The molecule has 85 valence electrons. The van der Waals surface area contributed by atoms with Crippen LogP contribution < -0.4 is 0 Å². The number of hydrogen-bond donors (Lipinski definition) is 0. The molecule has 0 unspecified atom stereocenters. The van der Waals surface area contributed by atoms with Crippen LogP contribution in [0.3, 0.4) is 0 Å². The number of Topliss-reactive ketones (excluding diaryl/α,β-unsaturated/α-hetero) is 2. The van der Waals surface area contributed by atoms with Crippen LogP contribution in [0.2, 0.25) is 5.15 Å². The van der Waals surface area contributed by atoms with Crippen LogP contribution in [0.25, 0.3) is 0 Å². The van der Waals surface area contributed by atoms with E-state index in [1.165, 1.54) is 13.8 Å². The van der Waals surface area contributed by atoms with Crippen LogP contribution in [0, 0.1) is 0 Å². The second-order valence-corrected chi connectivity index (χ2v) is 3.12. The summed E-state index contributed by atoms with van der Waals surface area (Å²) in [6, 6.07) is 5.41. The van der Waals surface area contributed by atoms with E-state index in [0.29, 0.717) is 5.15 Å². The van der Waals surface area contributed by atoms with Gasteiger partial charge in [-0.15, -0.1) is 0 Å². The molecule has 1 aromatic rings. The van der Waals surface area contributed by atoms with Gasteiger partial charge in [0.1, 0.15) is 16.7 Å². The minimum absolute atomic E-state index is 0. The van der Waals surface area contributed by atoms with Gasteiger partial charge in [-0.3, -0.25) is 9.59 Å². The number of hydrogen-bond acceptors (Lipinski definition) is 3. The van der Waals surface area contributed by atoms with E-state index in [9.17, 15) is 9.59 Å². The quantitative estimate of drug-likeness (QED) is 0.613. The number of nitrogens with zero attached hydrogens (tertiary/aromatic N) is 1.